The molecule has 4 rings (SSSR count). The molecule has 0 saturated carbocycles. The van der Waals surface area contributed by atoms with Gasteiger partial charge in [-0.05, 0) is 30.0 Å². The number of benzene rings is 2. The molecule has 0 fully saturated rings. The Morgan fingerprint density at radius 3 is 2.42 bits per heavy atom. The maximum absolute atomic E-state index is 13.4. The summed E-state index contributed by atoms with van der Waals surface area (Å²) in [6.07, 6.45) is 0.977. The molecule has 1 aliphatic heterocycles. The Morgan fingerprint density at radius 1 is 1.00 bits per heavy atom. The minimum absolute atomic E-state index is 0.0542. The second-order valence-electron chi connectivity index (χ2n) is 9.88. The van der Waals surface area contributed by atoms with Gasteiger partial charge in [-0.3, -0.25) is 24.1 Å². The van der Waals surface area contributed by atoms with Crippen molar-refractivity contribution in [2.75, 3.05) is 11.4 Å². The lowest BCUT2D eigenvalue weighted by Gasteiger charge is -2.27. The third-order valence-electron chi connectivity index (χ3n) is 7.26. The van der Waals surface area contributed by atoms with Gasteiger partial charge < -0.3 is 16.0 Å². The van der Waals surface area contributed by atoms with Crippen LogP contribution >= 0.6 is 0 Å². The van der Waals surface area contributed by atoms with Crippen LogP contribution in [0, 0.1) is 5.92 Å². The molecule has 0 bridgehead atoms. The van der Waals surface area contributed by atoms with Crippen molar-refractivity contribution in [1.82, 2.24) is 36.6 Å². The van der Waals surface area contributed by atoms with Gasteiger partial charge in [-0.15, -0.1) is 10.2 Å². The molecule has 0 unspecified atom stereocenters. The first-order chi connectivity index (χ1) is 19.3. The number of fused-ring (bicyclic) bond motifs is 1. The van der Waals surface area contributed by atoms with Crippen molar-refractivity contribution in [1.29, 1.82) is 0 Å². The van der Waals surface area contributed by atoms with Gasteiger partial charge in [0, 0.05) is 12.1 Å². The Balaban J connectivity index is 1.42. The van der Waals surface area contributed by atoms with E-state index in [1.165, 1.54) is 4.90 Å². The lowest BCUT2D eigenvalue weighted by atomic mass is 9.95. The fourth-order valence-electron chi connectivity index (χ4n) is 4.68. The van der Waals surface area contributed by atoms with Gasteiger partial charge in [0.05, 0.1) is 19.0 Å². The van der Waals surface area contributed by atoms with Crippen LogP contribution in [0.5, 0.6) is 0 Å². The van der Waals surface area contributed by atoms with Crippen molar-refractivity contribution in [3.8, 4) is 0 Å². The van der Waals surface area contributed by atoms with Crippen LogP contribution < -0.4 is 20.9 Å². The molecule has 12 nitrogen and oxygen atoms in total. The number of hydrogen-bond acceptors (Lipinski definition) is 7. The normalized spacial score (nSPS) is 16.4. The van der Waals surface area contributed by atoms with Gasteiger partial charge in [-0.1, -0.05) is 74.0 Å². The zero-order valence-electron chi connectivity index (χ0n) is 22.8. The molecule has 12 heteroatoms. The highest BCUT2D eigenvalue weighted by molar-refractivity contribution is 6.05. The summed E-state index contributed by atoms with van der Waals surface area (Å²) in [5, 5.41) is 21.8. The number of H-pyrrole nitrogens is 1. The van der Waals surface area contributed by atoms with Crippen LogP contribution in [-0.4, -0.2) is 62.9 Å². The van der Waals surface area contributed by atoms with E-state index in [1.54, 1.807) is 19.1 Å². The van der Waals surface area contributed by atoms with Crippen LogP contribution in [0.1, 0.15) is 50.1 Å². The molecule has 4 atom stereocenters. The molecule has 0 spiro atoms. The van der Waals surface area contributed by atoms with E-state index in [0.29, 0.717) is 24.4 Å². The van der Waals surface area contributed by atoms with Crippen molar-refractivity contribution in [3.63, 3.8) is 0 Å². The Kier molecular flexibility index (Phi) is 9.20. The number of hydrogen-bond donors (Lipinski definition) is 4. The van der Waals surface area contributed by atoms with Gasteiger partial charge in [0.2, 0.25) is 23.6 Å². The number of aromatic amines is 1. The fraction of sp³-hybridized carbons (Fsp3) is 0.393. The minimum atomic E-state index is -0.823. The lowest BCUT2D eigenvalue weighted by Crippen LogP contribution is -2.54. The van der Waals surface area contributed by atoms with Crippen molar-refractivity contribution in [3.05, 3.63) is 71.5 Å². The van der Waals surface area contributed by atoms with E-state index in [-0.39, 0.29) is 30.8 Å². The predicted octanol–water partition coefficient (Wildman–Crippen LogP) is 1.22. The Hall–Kier alpha value is -4.61. The average Bonchev–Trinajstić information content (AvgIpc) is 3.65. The van der Waals surface area contributed by atoms with Gasteiger partial charge in [0.25, 0.3) is 0 Å². The number of carbonyl (C=O) groups is 4. The second-order valence-corrected chi connectivity index (χ2v) is 9.88. The Bertz CT molecular complexity index is 1330. The van der Waals surface area contributed by atoms with Gasteiger partial charge in [-0.2, -0.15) is 5.21 Å². The molecule has 4 N–H and O–H groups in total. The third-order valence-corrected chi connectivity index (χ3v) is 7.26. The quantitative estimate of drug-likeness (QED) is 0.281. The smallest absolute Gasteiger partial charge is 0.247 e. The number of aromatic nitrogens is 4. The molecule has 0 aliphatic carbocycles. The average molecular weight is 547 g/mol. The summed E-state index contributed by atoms with van der Waals surface area (Å²) in [7, 11) is 0. The number of para-hydroxylation sites is 1. The van der Waals surface area contributed by atoms with E-state index in [1.807, 2.05) is 56.3 Å². The van der Waals surface area contributed by atoms with Crippen LogP contribution in [0.3, 0.4) is 0 Å². The van der Waals surface area contributed by atoms with Crippen LogP contribution in [0.4, 0.5) is 5.69 Å². The summed E-state index contributed by atoms with van der Waals surface area (Å²) < 4.78 is 0. The summed E-state index contributed by atoms with van der Waals surface area (Å²) >= 11 is 0. The van der Waals surface area contributed by atoms with Crippen molar-refractivity contribution in [2.45, 2.75) is 58.2 Å². The highest BCUT2D eigenvalue weighted by atomic mass is 16.2. The highest BCUT2D eigenvalue weighted by Gasteiger charge is 2.38. The lowest BCUT2D eigenvalue weighted by molar-refractivity contribution is -0.132. The summed E-state index contributed by atoms with van der Waals surface area (Å²) in [5.74, 6) is -1.85. The van der Waals surface area contributed by atoms with Gasteiger partial charge in [-0.25, -0.2) is 0 Å². The largest absolute Gasteiger partial charge is 0.347 e. The van der Waals surface area contributed by atoms with Gasteiger partial charge >= 0.3 is 0 Å². The first kappa shape index (κ1) is 28.4. The van der Waals surface area contributed by atoms with Crippen LogP contribution in [0.15, 0.2) is 54.6 Å². The number of carbonyl (C=O) groups excluding carboxylic acids is 4. The first-order valence-electron chi connectivity index (χ1n) is 13.3. The summed E-state index contributed by atoms with van der Waals surface area (Å²) in [6, 6.07) is 15.0. The van der Waals surface area contributed by atoms with E-state index >= 15 is 0 Å². The molecule has 2 heterocycles. The molecule has 2 aromatic carbocycles. The van der Waals surface area contributed by atoms with Crippen LogP contribution in [0.2, 0.25) is 0 Å². The number of nitrogens with zero attached hydrogens (tertiary/aromatic N) is 4. The van der Waals surface area contributed by atoms with E-state index in [2.05, 4.69) is 36.6 Å². The SMILES string of the molecule is CC[C@H](C)[C@H](NC(=O)[C@H](C)c1ccccc1)C(=O)NCC(=O)N1c2ccccc2C[C@H]1C(=O)NCc1nn[nH]n1. The topological polar surface area (TPSA) is 162 Å². The standard InChI is InChI=1S/C28H34N8O4/c1-4-17(2)25(31-26(38)18(3)19-10-6-5-7-11-19)28(40)30-16-24(37)36-21-13-9-8-12-20(21)14-22(36)27(39)29-15-23-32-34-35-33-23/h5-13,17-18,22,25H,4,14-16H2,1-3H3,(H,29,39)(H,30,40)(H,31,38)(H,32,33,34,35)/t17-,18+,22-,25-/m0/s1. The summed E-state index contributed by atoms with van der Waals surface area (Å²) in [5.41, 5.74) is 2.31. The second kappa shape index (κ2) is 13.0. The highest BCUT2D eigenvalue weighted by Crippen LogP contribution is 2.32. The van der Waals surface area contributed by atoms with Crippen molar-refractivity contribution in [2.24, 2.45) is 5.92 Å². The maximum Gasteiger partial charge on any atom is 0.247 e. The van der Waals surface area contributed by atoms with Crippen LogP contribution in [0.25, 0.3) is 0 Å². The molecule has 40 heavy (non-hydrogen) atoms. The molecule has 3 aromatic rings. The summed E-state index contributed by atoms with van der Waals surface area (Å²) in [6.45, 7) is 5.31. The van der Waals surface area contributed by atoms with E-state index in [0.717, 1.165) is 11.1 Å². The fourth-order valence-corrected chi connectivity index (χ4v) is 4.68. The molecule has 0 saturated heterocycles. The number of nitrogens with one attached hydrogen (secondary N) is 4. The van der Waals surface area contributed by atoms with E-state index in [9.17, 15) is 19.2 Å². The molecule has 0 radical (unpaired) electrons. The molecule has 4 amide bonds. The molecule has 210 valence electrons. The predicted molar refractivity (Wildman–Crippen MR) is 147 cm³/mol. The number of amides is 4. The van der Waals surface area contributed by atoms with E-state index in [4.69, 9.17) is 0 Å². The Labute approximate surface area is 232 Å². The molecular formula is C28H34N8O4. The molecular weight excluding hydrogens is 512 g/mol. The zero-order chi connectivity index (χ0) is 28.6. The van der Waals surface area contributed by atoms with Gasteiger partial charge in [0.1, 0.15) is 12.1 Å². The minimum Gasteiger partial charge on any atom is -0.347 e. The molecule has 1 aliphatic rings. The maximum atomic E-state index is 13.4. The Morgan fingerprint density at radius 2 is 1.73 bits per heavy atom. The third kappa shape index (κ3) is 6.50. The number of anilines is 1. The van der Waals surface area contributed by atoms with Crippen molar-refractivity contribution < 1.29 is 19.2 Å². The number of tetrazole rings is 1. The number of rotatable bonds is 11. The first-order valence-corrected chi connectivity index (χ1v) is 13.3. The summed E-state index contributed by atoms with van der Waals surface area (Å²) in [4.78, 5) is 54.2. The zero-order valence-corrected chi connectivity index (χ0v) is 22.8. The van der Waals surface area contributed by atoms with Crippen LogP contribution in [-0.2, 0) is 32.1 Å². The molecule has 1 aromatic heterocycles. The monoisotopic (exact) mass is 546 g/mol. The van der Waals surface area contributed by atoms with Crippen molar-refractivity contribution >= 4 is 29.3 Å². The van der Waals surface area contributed by atoms with Gasteiger partial charge in [0.15, 0.2) is 5.82 Å². The van der Waals surface area contributed by atoms with E-state index < -0.39 is 29.8 Å².